The van der Waals surface area contributed by atoms with Crippen LogP contribution in [0.5, 0.6) is 5.75 Å². The second-order valence-corrected chi connectivity index (χ2v) is 8.22. The number of non-ortho nitro benzene ring substituents is 1. The van der Waals surface area contributed by atoms with Crippen LogP contribution in [0.3, 0.4) is 0 Å². The molecule has 0 bridgehead atoms. The van der Waals surface area contributed by atoms with Crippen molar-refractivity contribution in [2.45, 2.75) is 6.61 Å². The zero-order valence-corrected chi connectivity index (χ0v) is 19.5. The molecular formula is C29H20FN3O4. The summed E-state index contributed by atoms with van der Waals surface area (Å²) in [6, 6.07) is 28.3. The van der Waals surface area contributed by atoms with Crippen molar-refractivity contribution >= 4 is 29.1 Å². The Bertz CT molecular complexity index is 1520. The van der Waals surface area contributed by atoms with Gasteiger partial charge in [-0.3, -0.25) is 14.9 Å². The number of rotatable bonds is 7. The van der Waals surface area contributed by atoms with E-state index in [1.165, 1.54) is 41.4 Å². The summed E-state index contributed by atoms with van der Waals surface area (Å²) < 4.78 is 19.2. The lowest BCUT2D eigenvalue weighted by molar-refractivity contribution is -0.384. The summed E-state index contributed by atoms with van der Waals surface area (Å²) in [5.41, 5.74) is 3.37. The maximum absolute atomic E-state index is 13.6. The highest BCUT2D eigenvalue weighted by atomic mass is 19.1. The van der Waals surface area contributed by atoms with Gasteiger partial charge in [-0.1, -0.05) is 60.7 Å². The zero-order valence-electron chi connectivity index (χ0n) is 19.5. The summed E-state index contributed by atoms with van der Waals surface area (Å²) in [5.74, 6) is -0.145. The monoisotopic (exact) mass is 493 g/mol. The predicted molar refractivity (Wildman–Crippen MR) is 139 cm³/mol. The SMILES string of the molecule is O=C1C(=Cc2ccccc2OCc2ccc(F)cc2)C(c2ccccc2)=NN1c1ccc([N+](=O)[O-])cc1. The molecule has 4 aromatic rings. The van der Waals surface area contributed by atoms with E-state index in [9.17, 15) is 19.3 Å². The first kappa shape index (κ1) is 23.6. The molecule has 8 heteroatoms. The molecule has 0 N–H and O–H groups in total. The Morgan fingerprint density at radius 3 is 2.27 bits per heavy atom. The van der Waals surface area contributed by atoms with E-state index < -0.39 is 4.92 Å². The number of nitro benzene ring substituents is 1. The first-order chi connectivity index (χ1) is 18.0. The van der Waals surface area contributed by atoms with Crippen LogP contribution in [0.1, 0.15) is 16.7 Å². The summed E-state index contributed by atoms with van der Waals surface area (Å²) >= 11 is 0. The largest absolute Gasteiger partial charge is 0.488 e. The number of carbonyl (C=O) groups excluding carboxylic acids is 1. The minimum Gasteiger partial charge on any atom is -0.488 e. The van der Waals surface area contributed by atoms with E-state index in [0.717, 1.165) is 11.1 Å². The quantitative estimate of drug-likeness (QED) is 0.176. The van der Waals surface area contributed by atoms with Gasteiger partial charge in [-0.15, -0.1) is 0 Å². The number of para-hydroxylation sites is 1. The molecule has 0 aromatic heterocycles. The lowest BCUT2D eigenvalue weighted by Gasteiger charge is -2.12. The van der Waals surface area contributed by atoms with Crippen LogP contribution in [0.25, 0.3) is 6.08 Å². The minimum atomic E-state index is -0.498. The third kappa shape index (κ3) is 5.13. The fraction of sp³-hybridized carbons (Fsp3) is 0.0345. The lowest BCUT2D eigenvalue weighted by atomic mass is 10.00. The van der Waals surface area contributed by atoms with Gasteiger partial charge >= 0.3 is 0 Å². The van der Waals surface area contributed by atoms with E-state index in [2.05, 4.69) is 5.10 Å². The Morgan fingerprint density at radius 1 is 0.892 bits per heavy atom. The summed E-state index contributed by atoms with van der Waals surface area (Å²) in [6.07, 6.45) is 1.72. The molecule has 37 heavy (non-hydrogen) atoms. The van der Waals surface area contributed by atoms with Crippen LogP contribution < -0.4 is 9.75 Å². The molecular weight excluding hydrogens is 473 g/mol. The molecule has 0 spiro atoms. The molecule has 0 aliphatic carbocycles. The Kier molecular flexibility index (Phi) is 6.54. The molecule has 4 aromatic carbocycles. The number of benzene rings is 4. The van der Waals surface area contributed by atoms with Gasteiger partial charge < -0.3 is 4.74 Å². The van der Waals surface area contributed by atoms with Crippen LogP contribution in [0, 0.1) is 15.9 Å². The Hall–Kier alpha value is -5.11. The Morgan fingerprint density at radius 2 is 1.57 bits per heavy atom. The van der Waals surface area contributed by atoms with Gasteiger partial charge in [0.05, 0.1) is 16.2 Å². The molecule has 0 unspecified atom stereocenters. The molecule has 0 fully saturated rings. The van der Waals surface area contributed by atoms with Crippen molar-refractivity contribution in [3.8, 4) is 5.75 Å². The van der Waals surface area contributed by atoms with Gasteiger partial charge in [0, 0.05) is 23.3 Å². The number of nitrogens with zero attached hydrogens (tertiary/aromatic N) is 3. The van der Waals surface area contributed by atoms with E-state index in [0.29, 0.717) is 28.3 Å². The number of nitro groups is 1. The highest BCUT2D eigenvalue weighted by molar-refractivity contribution is 6.37. The number of ether oxygens (including phenoxy) is 1. The average Bonchev–Trinajstić information content (AvgIpc) is 3.25. The van der Waals surface area contributed by atoms with Gasteiger partial charge in [-0.25, -0.2) is 4.39 Å². The third-order valence-electron chi connectivity index (χ3n) is 5.76. The molecule has 0 radical (unpaired) electrons. The summed E-state index contributed by atoms with van der Waals surface area (Å²) in [4.78, 5) is 24.1. The van der Waals surface area contributed by atoms with Gasteiger partial charge in [0.2, 0.25) is 0 Å². The fourth-order valence-electron chi connectivity index (χ4n) is 3.87. The highest BCUT2D eigenvalue weighted by Crippen LogP contribution is 2.31. The molecule has 1 heterocycles. The lowest BCUT2D eigenvalue weighted by Crippen LogP contribution is -2.21. The van der Waals surface area contributed by atoms with Gasteiger partial charge in [0.25, 0.3) is 11.6 Å². The number of amides is 1. The van der Waals surface area contributed by atoms with Crippen molar-refractivity contribution in [3.05, 3.63) is 141 Å². The molecule has 0 saturated heterocycles. The topological polar surface area (TPSA) is 85.0 Å². The van der Waals surface area contributed by atoms with Gasteiger partial charge in [-0.2, -0.15) is 10.1 Å². The van der Waals surface area contributed by atoms with E-state index >= 15 is 0 Å². The van der Waals surface area contributed by atoms with Crippen LogP contribution in [0.15, 0.2) is 114 Å². The van der Waals surface area contributed by atoms with Crippen molar-refractivity contribution < 1.29 is 18.8 Å². The molecule has 1 amide bonds. The van der Waals surface area contributed by atoms with Gasteiger partial charge in [-0.05, 0) is 42.0 Å². The van der Waals surface area contributed by atoms with Crippen molar-refractivity contribution in [3.63, 3.8) is 0 Å². The second kappa shape index (κ2) is 10.2. The molecule has 0 saturated carbocycles. The summed E-state index contributed by atoms with van der Waals surface area (Å²) in [7, 11) is 0. The van der Waals surface area contributed by atoms with Crippen molar-refractivity contribution in [2.24, 2.45) is 5.10 Å². The Labute approximate surface area is 211 Å². The third-order valence-corrected chi connectivity index (χ3v) is 5.76. The molecule has 1 aliphatic rings. The van der Waals surface area contributed by atoms with E-state index in [1.807, 2.05) is 48.5 Å². The normalized spacial score (nSPS) is 14.1. The minimum absolute atomic E-state index is 0.0781. The maximum atomic E-state index is 13.6. The molecule has 7 nitrogen and oxygen atoms in total. The van der Waals surface area contributed by atoms with Crippen molar-refractivity contribution in [1.82, 2.24) is 0 Å². The van der Waals surface area contributed by atoms with Crippen LogP contribution in [-0.4, -0.2) is 16.5 Å². The van der Waals surface area contributed by atoms with Gasteiger partial charge in [0.1, 0.15) is 23.9 Å². The zero-order chi connectivity index (χ0) is 25.8. The smallest absolute Gasteiger partial charge is 0.281 e. The molecule has 0 atom stereocenters. The standard InChI is InChI=1S/C29H20FN3O4/c30-23-12-10-20(11-13-23)19-37-27-9-5-4-8-22(27)18-26-28(21-6-2-1-3-7-21)31-32(29(26)34)24-14-16-25(17-15-24)33(35)36/h1-18H,19H2. The first-order valence-electron chi connectivity index (χ1n) is 11.4. The van der Waals surface area contributed by atoms with Crippen LogP contribution in [0.2, 0.25) is 0 Å². The predicted octanol–water partition coefficient (Wildman–Crippen LogP) is 6.15. The first-order valence-corrected chi connectivity index (χ1v) is 11.4. The second-order valence-electron chi connectivity index (χ2n) is 8.22. The van der Waals surface area contributed by atoms with Crippen molar-refractivity contribution in [2.75, 3.05) is 5.01 Å². The van der Waals surface area contributed by atoms with Gasteiger partial charge in [0.15, 0.2) is 0 Å². The fourth-order valence-corrected chi connectivity index (χ4v) is 3.87. The molecule has 1 aliphatic heterocycles. The molecule has 182 valence electrons. The number of hydrogen-bond donors (Lipinski definition) is 0. The van der Waals surface area contributed by atoms with Crippen molar-refractivity contribution in [1.29, 1.82) is 0 Å². The van der Waals surface area contributed by atoms with E-state index in [4.69, 9.17) is 4.74 Å². The van der Waals surface area contributed by atoms with Crippen LogP contribution >= 0.6 is 0 Å². The van der Waals surface area contributed by atoms with E-state index in [-0.39, 0.29) is 24.0 Å². The number of carbonyl (C=O) groups is 1. The number of hydrazone groups is 1. The van der Waals surface area contributed by atoms with E-state index in [1.54, 1.807) is 24.3 Å². The van der Waals surface area contributed by atoms with Crippen LogP contribution in [0.4, 0.5) is 15.8 Å². The number of halogens is 1. The Balaban J connectivity index is 1.50. The maximum Gasteiger partial charge on any atom is 0.281 e. The van der Waals surface area contributed by atoms with Crippen LogP contribution in [-0.2, 0) is 11.4 Å². The number of anilines is 1. The summed E-state index contributed by atoms with van der Waals surface area (Å²) in [5, 5.41) is 16.9. The average molecular weight is 493 g/mol. The molecule has 5 rings (SSSR count). The number of hydrogen-bond acceptors (Lipinski definition) is 5. The highest BCUT2D eigenvalue weighted by Gasteiger charge is 2.32. The summed E-state index contributed by atoms with van der Waals surface area (Å²) in [6.45, 7) is 0.225.